The molecule has 3 nitrogen and oxygen atoms in total. The zero-order valence-corrected chi connectivity index (χ0v) is 10.7. The van der Waals surface area contributed by atoms with Crippen molar-refractivity contribution in [3.8, 4) is 0 Å². The summed E-state index contributed by atoms with van der Waals surface area (Å²) in [7, 11) is 4.08. The monoisotopic (exact) mass is 223 g/mol. The number of anilines is 1. The summed E-state index contributed by atoms with van der Waals surface area (Å²) in [6.07, 6.45) is 0. The lowest BCUT2D eigenvalue weighted by atomic mass is 10.3. The average Bonchev–Trinajstić information content (AvgIpc) is 2.65. The standard InChI is InChI=1S/C11H17N3S/c1-7(2)14-10-9(8(3)6-15-10)12-11(14)13(4)5/h6-7H,1-5H3. The Hall–Kier alpha value is -1.03. The van der Waals surface area contributed by atoms with Crippen LogP contribution in [0.5, 0.6) is 0 Å². The third-order valence-corrected chi connectivity index (χ3v) is 3.57. The SMILES string of the molecule is Cc1csc2c1nc(N(C)C)n2C(C)C. The molecule has 0 aliphatic carbocycles. The van der Waals surface area contributed by atoms with Crippen LogP contribution in [0.1, 0.15) is 25.5 Å². The molecule has 0 spiro atoms. The molecule has 0 atom stereocenters. The van der Waals surface area contributed by atoms with Crippen LogP contribution in [0, 0.1) is 6.92 Å². The summed E-state index contributed by atoms with van der Waals surface area (Å²) in [4.78, 5) is 8.05. The van der Waals surface area contributed by atoms with Gasteiger partial charge >= 0.3 is 0 Å². The zero-order chi connectivity index (χ0) is 11.2. The molecule has 0 saturated carbocycles. The molecule has 2 aromatic heterocycles. The van der Waals surface area contributed by atoms with Gasteiger partial charge in [-0.25, -0.2) is 4.98 Å². The lowest BCUT2D eigenvalue weighted by Crippen LogP contribution is -2.16. The maximum Gasteiger partial charge on any atom is 0.206 e. The third-order valence-electron chi connectivity index (χ3n) is 2.49. The molecule has 82 valence electrons. The predicted molar refractivity (Wildman–Crippen MR) is 67.1 cm³/mol. The molecule has 0 aromatic carbocycles. The predicted octanol–water partition coefficient (Wildman–Crippen LogP) is 3.05. The molecular formula is C11H17N3S. The fourth-order valence-corrected chi connectivity index (χ4v) is 2.88. The van der Waals surface area contributed by atoms with Crippen molar-refractivity contribution in [3.05, 3.63) is 10.9 Å². The highest BCUT2D eigenvalue weighted by Gasteiger charge is 2.17. The van der Waals surface area contributed by atoms with Crippen LogP contribution in [0.2, 0.25) is 0 Å². The van der Waals surface area contributed by atoms with E-state index in [0.717, 1.165) is 11.5 Å². The largest absolute Gasteiger partial charge is 0.348 e. The normalized spacial score (nSPS) is 11.6. The number of thiophene rings is 1. The molecule has 0 unspecified atom stereocenters. The first-order valence-corrected chi connectivity index (χ1v) is 6.03. The van der Waals surface area contributed by atoms with Crippen LogP contribution in [-0.2, 0) is 0 Å². The molecule has 0 radical (unpaired) electrons. The molecule has 0 bridgehead atoms. The first-order valence-electron chi connectivity index (χ1n) is 5.15. The van der Waals surface area contributed by atoms with Crippen molar-refractivity contribution in [2.75, 3.05) is 19.0 Å². The van der Waals surface area contributed by atoms with Gasteiger partial charge < -0.3 is 4.90 Å². The molecule has 2 heterocycles. The van der Waals surface area contributed by atoms with Crippen LogP contribution in [0.4, 0.5) is 5.95 Å². The molecule has 0 aliphatic rings. The maximum absolute atomic E-state index is 4.69. The number of hydrogen-bond acceptors (Lipinski definition) is 3. The quantitative estimate of drug-likeness (QED) is 0.780. The van der Waals surface area contributed by atoms with Crippen molar-refractivity contribution < 1.29 is 0 Å². The second-order valence-corrected chi connectivity index (χ2v) is 5.20. The number of fused-ring (bicyclic) bond motifs is 1. The Morgan fingerprint density at radius 1 is 1.40 bits per heavy atom. The first-order chi connectivity index (χ1) is 7.02. The van der Waals surface area contributed by atoms with Crippen molar-refractivity contribution in [3.63, 3.8) is 0 Å². The Morgan fingerprint density at radius 3 is 2.60 bits per heavy atom. The van der Waals surface area contributed by atoms with Crippen molar-refractivity contribution in [2.45, 2.75) is 26.8 Å². The number of aromatic nitrogens is 2. The van der Waals surface area contributed by atoms with E-state index in [-0.39, 0.29) is 0 Å². The maximum atomic E-state index is 4.69. The van der Waals surface area contributed by atoms with Crippen molar-refractivity contribution in [1.82, 2.24) is 9.55 Å². The van der Waals surface area contributed by atoms with Crippen molar-refractivity contribution >= 4 is 27.6 Å². The summed E-state index contributed by atoms with van der Waals surface area (Å²) in [5.41, 5.74) is 2.43. The van der Waals surface area contributed by atoms with Gasteiger partial charge in [0.05, 0.1) is 0 Å². The van der Waals surface area contributed by atoms with Crippen molar-refractivity contribution in [2.24, 2.45) is 0 Å². The van der Waals surface area contributed by atoms with E-state index in [1.165, 1.54) is 10.4 Å². The summed E-state index contributed by atoms with van der Waals surface area (Å²) >= 11 is 1.78. The Morgan fingerprint density at radius 2 is 2.07 bits per heavy atom. The summed E-state index contributed by atoms with van der Waals surface area (Å²) < 4.78 is 2.30. The van der Waals surface area contributed by atoms with Crippen LogP contribution >= 0.6 is 11.3 Å². The van der Waals surface area contributed by atoms with E-state index in [9.17, 15) is 0 Å². The molecule has 0 N–H and O–H groups in total. The number of nitrogens with zero attached hydrogens (tertiary/aromatic N) is 3. The average molecular weight is 223 g/mol. The van der Waals surface area contributed by atoms with E-state index >= 15 is 0 Å². The summed E-state index contributed by atoms with van der Waals surface area (Å²) in [6, 6.07) is 0.449. The van der Waals surface area contributed by atoms with Gasteiger partial charge in [0.1, 0.15) is 10.3 Å². The second-order valence-electron chi connectivity index (χ2n) is 4.34. The molecule has 2 rings (SSSR count). The molecule has 4 heteroatoms. The Kier molecular flexibility index (Phi) is 2.46. The minimum absolute atomic E-state index is 0.449. The smallest absolute Gasteiger partial charge is 0.206 e. The Balaban J connectivity index is 2.74. The number of hydrogen-bond donors (Lipinski definition) is 0. The summed E-state index contributed by atoms with van der Waals surface area (Å²) in [5.74, 6) is 1.05. The molecule has 0 fully saturated rings. The molecular weight excluding hydrogens is 206 g/mol. The van der Waals surface area contributed by atoms with Crippen LogP contribution in [0.3, 0.4) is 0 Å². The third kappa shape index (κ3) is 1.53. The van der Waals surface area contributed by atoms with Gasteiger partial charge in [-0.05, 0) is 31.7 Å². The van der Waals surface area contributed by atoms with Gasteiger partial charge in [-0.2, -0.15) is 0 Å². The van der Waals surface area contributed by atoms with Gasteiger partial charge in [-0.1, -0.05) is 0 Å². The second kappa shape index (κ2) is 3.52. The molecule has 0 aliphatic heterocycles. The number of imidazole rings is 1. The van der Waals surface area contributed by atoms with Crippen LogP contribution < -0.4 is 4.90 Å². The highest BCUT2D eigenvalue weighted by atomic mass is 32.1. The van der Waals surface area contributed by atoms with Gasteiger partial charge in [0.25, 0.3) is 0 Å². The van der Waals surface area contributed by atoms with Crippen molar-refractivity contribution in [1.29, 1.82) is 0 Å². The molecule has 2 aromatic rings. The summed E-state index contributed by atoms with van der Waals surface area (Å²) in [6.45, 7) is 6.52. The Bertz CT molecular complexity index is 479. The van der Waals surface area contributed by atoms with E-state index in [2.05, 4.69) is 35.6 Å². The highest BCUT2D eigenvalue weighted by molar-refractivity contribution is 7.17. The lowest BCUT2D eigenvalue weighted by Gasteiger charge is -2.17. The Labute approximate surface area is 94.3 Å². The lowest BCUT2D eigenvalue weighted by molar-refractivity contribution is 0.617. The minimum atomic E-state index is 0.449. The van der Waals surface area contributed by atoms with Gasteiger partial charge in [0.2, 0.25) is 5.95 Å². The van der Waals surface area contributed by atoms with E-state index in [0.29, 0.717) is 6.04 Å². The highest BCUT2D eigenvalue weighted by Crippen LogP contribution is 2.32. The number of aryl methyl sites for hydroxylation is 1. The number of rotatable bonds is 2. The van der Waals surface area contributed by atoms with Crippen LogP contribution in [0.25, 0.3) is 10.3 Å². The topological polar surface area (TPSA) is 21.1 Å². The van der Waals surface area contributed by atoms with E-state index < -0.39 is 0 Å². The molecule has 0 amide bonds. The fraction of sp³-hybridized carbons (Fsp3) is 0.545. The van der Waals surface area contributed by atoms with Gasteiger partial charge in [0.15, 0.2) is 0 Å². The minimum Gasteiger partial charge on any atom is -0.348 e. The van der Waals surface area contributed by atoms with Crippen LogP contribution in [0.15, 0.2) is 5.38 Å². The fourth-order valence-electron chi connectivity index (χ4n) is 1.76. The van der Waals surface area contributed by atoms with E-state index in [1.807, 2.05) is 14.1 Å². The first kappa shape index (κ1) is 10.5. The molecule has 15 heavy (non-hydrogen) atoms. The molecule has 0 saturated heterocycles. The van der Waals surface area contributed by atoms with Gasteiger partial charge in [-0.15, -0.1) is 11.3 Å². The van der Waals surface area contributed by atoms with E-state index in [4.69, 9.17) is 4.98 Å². The van der Waals surface area contributed by atoms with Gasteiger partial charge in [0, 0.05) is 20.1 Å². The zero-order valence-electron chi connectivity index (χ0n) is 9.90. The van der Waals surface area contributed by atoms with E-state index in [1.54, 1.807) is 11.3 Å². The van der Waals surface area contributed by atoms with Gasteiger partial charge in [-0.3, -0.25) is 4.57 Å². The van der Waals surface area contributed by atoms with Crippen LogP contribution in [-0.4, -0.2) is 23.6 Å². The summed E-state index contributed by atoms with van der Waals surface area (Å²) in [5, 5.41) is 2.18.